The second-order valence-corrected chi connectivity index (χ2v) is 14.5. The molecule has 1 atom stereocenters. The summed E-state index contributed by atoms with van der Waals surface area (Å²) in [5.74, 6) is -0.193. The van der Waals surface area contributed by atoms with Crippen LogP contribution in [0.25, 0.3) is 0 Å². The fourth-order valence-electron chi connectivity index (χ4n) is 6.57. The first-order chi connectivity index (χ1) is 23.6. The van der Waals surface area contributed by atoms with E-state index in [1.54, 1.807) is 17.0 Å². The van der Waals surface area contributed by atoms with E-state index in [0.29, 0.717) is 41.4 Å². The minimum absolute atomic E-state index is 0.0450. The Labute approximate surface area is 309 Å². The zero-order chi connectivity index (χ0) is 35.8. The summed E-state index contributed by atoms with van der Waals surface area (Å²) in [5, 5.41) is 16.5. The van der Waals surface area contributed by atoms with Gasteiger partial charge in [0.05, 0.1) is 8.95 Å². The van der Waals surface area contributed by atoms with Gasteiger partial charge in [-0.3, -0.25) is 9.59 Å². The number of rotatable bonds is 15. The molecule has 0 spiro atoms. The fourth-order valence-corrected chi connectivity index (χ4v) is 7.85. The molecular weight excluding hydrogens is 754 g/mol. The molecule has 2 aliphatic rings. The lowest BCUT2D eigenvalue weighted by molar-refractivity contribution is -0.126. The van der Waals surface area contributed by atoms with Crippen molar-refractivity contribution in [3.63, 3.8) is 0 Å². The number of phenols is 1. The van der Waals surface area contributed by atoms with Crippen molar-refractivity contribution >= 4 is 55.8 Å². The smallest absolute Gasteiger partial charge is 0.410 e. The number of carbonyl (C=O) groups is 3. The van der Waals surface area contributed by atoms with E-state index >= 15 is 0 Å². The number of benzene rings is 2. The summed E-state index contributed by atoms with van der Waals surface area (Å²) in [6.07, 6.45) is 6.93. The van der Waals surface area contributed by atoms with Crippen molar-refractivity contribution in [1.29, 1.82) is 0 Å². The van der Waals surface area contributed by atoms with Crippen LogP contribution in [0.3, 0.4) is 0 Å². The molecule has 2 fully saturated rings. The van der Waals surface area contributed by atoms with Gasteiger partial charge in [-0.2, -0.15) is 0 Å². The molecule has 0 bridgehead atoms. The minimum atomic E-state index is -0.933. The predicted octanol–water partition coefficient (Wildman–Crippen LogP) is 6.62. The number of Topliss-reactive ketones (excluding diaryl/α,β-unsaturated/α-hetero) is 1. The quantitative estimate of drug-likeness (QED) is 0.172. The van der Waals surface area contributed by atoms with E-state index in [0.717, 1.165) is 35.7 Å². The van der Waals surface area contributed by atoms with E-state index in [2.05, 4.69) is 67.3 Å². The van der Waals surface area contributed by atoms with Crippen LogP contribution in [-0.2, 0) is 27.2 Å². The number of carbonyl (C=O) groups excluding carboxylic acids is 3. The molecule has 2 aromatic rings. The number of ether oxygens (including phenoxy) is 1. The first-order valence-electron chi connectivity index (χ1n) is 17.7. The Balaban J connectivity index is 0.000000419. The Morgan fingerprint density at radius 1 is 1.02 bits per heavy atom. The van der Waals surface area contributed by atoms with Crippen LogP contribution in [0.5, 0.6) is 5.75 Å². The zero-order valence-electron chi connectivity index (χ0n) is 29.6. The second-order valence-electron chi connectivity index (χ2n) is 12.8. The Morgan fingerprint density at radius 3 is 2.18 bits per heavy atom. The number of anilines is 1. The number of nitrogens with one attached hydrogen (secondary N) is 2. The average molecular weight is 810 g/mol. The molecule has 0 aliphatic carbocycles. The highest BCUT2D eigenvalue weighted by atomic mass is 79.9. The lowest BCUT2D eigenvalue weighted by atomic mass is 10.0. The average Bonchev–Trinajstić information content (AvgIpc) is 3.11. The number of para-hydroxylation sites is 1. The molecule has 49 heavy (non-hydrogen) atoms. The Kier molecular flexibility index (Phi) is 17.9. The third-order valence-corrected chi connectivity index (χ3v) is 10.5. The predicted molar refractivity (Wildman–Crippen MR) is 203 cm³/mol. The third kappa shape index (κ3) is 12.9. The van der Waals surface area contributed by atoms with Crippen LogP contribution in [0.2, 0.25) is 0 Å². The number of amides is 2. The first-order valence-corrected chi connectivity index (χ1v) is 19.2. The highest BCUT2D eigenvalue weighted by Gasteiger charge is 2.30. The van der Waals surface area contributed by atoms with Gasteiger partial charge in [0.2, 0.25) is 6.41 Å². The van der Waals surface area contributed by atoms with Gasteiger partial charge >= 0.3 is 6.09 Å². The molecule has 10 nitrogen and oxygen atoms in total. The van der Waals surface area contributed by atoms with Crippen LogP contribution in [0.4, 0.5) is 10.5 Å². The number of nitrogens with zero attached hydrogens (tertiary/aromatic N) is 3. The molecule has 2 heterocycles. The van der Waals surface area contributed by atoms with E-state index < -0.39 is 12.2 Å². The van der Waals surface area contributed by atoms with Crippen molar-refractivity contribution < 1.29 is 24.2 Å². The van der Waals surface area contributed by atoms with Crippen LogP contribution < -0.4 is 10.6 Å². The molecule has 2 aromatic carbocycles. The summed E-state index contributed by atoms with van der Waals surface area (Å²) in [5.41, 5.74) is 2.93. The molecule has 0 aromatic heterocycles. The van der Waals surface area contributed by atoms with Crippen molar-refractivity contribution in [2.24, 2.45) is 0 Å². The summed E-state index contributed by atoms with van der Waals surface area (Å²) in [4.78, 5) is 42.9. The minimum Gasteiger partial charge on any atom is -0.506 e. The van der Waals surface area contributed by atoms with Crippen LogP contribution in [0.1, 0.15) is 70.4 Å². The highest BCUT2D eigenvalue weighted by Crippen LogP contribution is 2.34. The van der Waals surface area contributed by atoms with E-state index in [4.69, 9.17) is 4.74 Å². The molecule has 2 aliphatic heterocycles. The van der Waals surface area contributed by atoms with E-state index in [9.17, 15) is 19.5 Å². The standard InChI is InChI=1S/C26H31Br2N3O5.C11H24N2/c1-17(33)24(15-18-13-21(27)25(34)22(28)14-18)36-26(35)30-11-8-20(9-12-30)31(16-32)10-7-19-5-3-4-6-23(19)29-2;1-3-9-13(10-4-2)11-5-7-12-8-6-11/h3-6,13-14,16,20,24,29,34H,7-12,15H2,1-2H3;11-12H,3-10H2,1-2H3/t24-;/m1./s1. The number of ketones is 1. The van der Waals surface area contributed by atoms with Crippen molar-refractivity contribution in [1.82, 2.24) is 20.0 Å². The maximum atomic E-state index is 12.8. The van der Waals surface area contributed by atoms with Gasteiger partial charge in [-0.25, -0.2) is 4.79 Å². The monoisotopic (exact) mass is 807 g/mol. The van der Waals surface area contributed by atoms with E-state index in [-0.39, 0.29) is 24.0 Å². The number of phenolic OH excluding ortho intramolecular Hbond substituents is 1. The normalized spacial score (nSPS) is 16.0. The molecule has 0 saturated carbocycles. The molecule has 2 saturated heterocycles. The largest absolute Gasteiger partial charge is 0.506 e. The van der Waals surface area contributed by atoms with Gasteiger partial charge in [-0.15, -0.1) is 0 Å². The summed E-state index contributed by atoms with van der Waals surface area (Å²) in [6, 6.07) is 12.3. The topological polar surface area (TPSA) is 114 Å². The van der Waals surface area contributed by atoms with Crippen molar-refractivity contribution in [2.45, 2.75) is 90.3 Å². The number of hydrogen-bond acceptors (Lipinski definition) is 8. The lowest BCUT2D eigenvalue weighted by Crippen LogP contribution is -2.48. The third-order valence-electron chi connectivity index (χ3n) is 9.29. The Morgan fingerprint density at radius 2 is 1.63 bits per heavy atom. The summed E-state index contributed by atoms with van der Waals surface area (Å²) in [6.45, 7) is 12.5. The number of piperidine rings is 2. The van der Waals surface area contributed by atoms with Gasteiger partial charge in [0, 0.05) is 50.9 Å². The van der Waals surface area contributed by atoms with E-state index in [1.807, 2.05) is 30.1 Å². The highest BCUT2D eigenvalue weighted by molar-refractivity contribution is 9.11. The van der Waals surface area contributed by atoms with Gasteiger partial charge in [0.25, 0.3) is 0 Å². The molecule has 272 valence electrons. The van der Waals surface area contributed by atoms with Crippen LogP contribution in [-0.4, -0.2) is 109 Å². The second kappa shape index (κ2) is 21.5. The molecular formula is C37H55Br2N5O5. The van der Waals surface area contributed by atoms with Crippen molar-refractivity contribution in [3.8, 4) is 5.75 Å². The maximum absolute atomic E-state index is 12.8. The van der Waals surface area contributed by atoms with Gasteiger partial charge in [-0.05, 0) is 139 Å². The fraction of sp³-hybridized carbons (Fsp3) is 0.595. The molecule has 0 radical (unpaired) electrons. The molecule has 2 amide bonds. The first kappa shape index (κ1) is 40.8. The summed E-state index contributed by atoms with van der Waals surface area (Å²) >= 11 is 6.56. The SMILES string of the molecule is CCCN(CCC)C1CCNCC1.CNc1ccccc1CCN(C=O)C1CCN(C(=O)O[C@H](Cc2cc(Br)c(O)c(Br)c2)C(C)=O)CC1. The Hall–Kier alpha value is -2.67. The number of halogens is 2. The zero-order valence-corrected chi connectivity index (χ0v) is 32.7. The summed E-state index contributed by atoms with van der Waals surface area (Å²) in [7, 11) is 1.88. The molecule has 12 heteroatoms. The maximum Gasteiger partial charge on any atom is 0.410 e. The number of aromatic hydroxyl groups is 1. The van der Waals surface area contributed by atoms with Crippen LogP contribution in [0, 0.1) is 0 Å². The van der Waals surface area contributed by atoms with Gasteiger partial charge < -0.3 is 35.2 Å². The Bertz CT molecular complexity index is 1310. The molecule has 4 rings (SSSR count). The van der Waals surface area contributed by atoms with Gasteiger partial charge in [-0.1, -0.05) is 32.0 Å². The lowest BCUT2D eigenvalue weighted by Gasteiger charge is -2.36. The van der Waals surface area contributed by atoms with Crippen LogP contribution >= 0.6 is 31.9 Å². The number of hydrogen-bond donors (Lipinski definition) is 3. The van der Waals surface area contributed by atoms with E-state index in [1.165, 1.54) is 58.8 Å². The molecule has 0 unspecified atom stereocenters. The van der Waals surface area contributed by atoms with Gasteiger partial charge in [0.1, 0.15) is 5.75 Å². The van der Waals surface area contributed by atoms with Crippen LogP contribution in [0.15, 0.2) is 45.3 Å². The number of likely N-dealkylation sites (tertiary alicyclic amines) is 1. The van der Waals surface area contributed by atoms with Gasteiger partial charge in [0.15, 0.2) is 11.9 Å². The molecule has 3 N–H and O–H groups in total. The van der Waals surface area contributed by atoms with Crippen molar-refractivity contribution in [2.75, 3.05) is 58.2 Å². The summed E-state index contributed by atoms with van der Waals surface area (Å²) < 4.78 is 6.54. The van der Waals surface area contributed by atoms with Crippen molar-refractivity contribution in [3.05, 3.63) is 56.5 Å².